The summed E-state index contributed by atoms with van der Waals surface area (Å²) in [4.78, 5) is 10.8. The standard InChI is InChI=1S/C14H11FO/c1-10-12(11-5-3-2-4-6-11)7-8-14(15)13(10)9-16/h2-9H,1H3. The van der Waals surface area contributed by atoms with Gasteiger partial charge in [0.15, 0.2) is 6.29 Å². The third kappa shape index (κ3) is 1.74. The van der Waals surface area contributed by atoms with Crippen molar-refractivity contribution >= 4 is 6.29 Å². The minimum atomic E-state index is -0.466. The van der Waals surface area contributed by atoms with Crippen molar-refractivity contribution < 1.29 is 9.18 Å². The molecule has 0 atom stereocenters. The van der Waals surface area contributed by atoms with E-state index in [-0.39, 0.29) is 5.56 Å². The van der Waals surface area contributed by atoms with Crippen LogP contribution in [0.4, 0.5) is 4.39 Å². The van der Waals surface area contributed by atoms with E-state index in [9.17, 15) is 9.18 Å². The summed E-state index contributed by atoms with van der Waals surface area (Å²) in [5, 5.41) is 0. The second kappa shape index (κ2) is 4.27. The molecule has 0 unspecified atom stereocenters. The number of benzene rings is 2. The van der Waals surface area contributed by atoms with Gasteiger partial charge in [-0.2, -0.15) is 0 Å². The van der Waals surface area contributed by atoms with E-state index in [1.165, 1.54) is 6.07 Å². The van der Waals surface area contributed by atoms with Gasteiger partial charge in [-0.3, -0.25) is 4.79 Å². The monoisotopic (exact) mass is 214 g/mol. The predicted molar refractivity (Wildman–Crippen MR) is 62.0 cm³/mol. The van der Waals surface area contributed by atoms with Crippen LogP contribution in [0.1, 0.15) is 15.9 Å². The van der Waals surface area contributed by atoms with E-state index in [1.54, 1.807) is 13.0 Å². The highest BCUT2D eigenvalue weighted by atomic mass is 19.1. The molecule has 0 aromatic heterocycles. The lowest BCUT2D eigenvalue weighted by Crippen LogP contribution is -1.95. The average molecular weight is 214 g/mol. The number of rotatable bonds is 2. The fourth-order valence-electron chi connectivity index (χ4n) is 1.77. The quantitative estimate of drug-likeness (QED) is 0.698. The molecular formula is C14H11FO. The van der Waals surface area contributed by atoms with Crippen molar-refractivity contribution in [2.24, 2.45) is 0 Å². The first-order valence-corrected chi connectivity index (χ1v) is 5.03. The maximum Gasteiger partial charge on any atom is 0.153 e. The molecule has 2 rings (SSSR count). The Morgan fingerprint density at radius 1 is 1.06 bits per heavy atom. The molecule has 0 fully saturated rings. The summed E-state index contributed by atoms with van der Waals surface area (Å²) >= 11 is 0. The van der Waals surface area contributed by atoms with Gasteiger partial charge in [-0.15, -0.1) is 0 Å². The fourth-order valence-corrected chi connectivity index (χ4v) is 1.77. The average Bonchev–Trinajstić information content (AvgIpc) is 2.31. The largest absolute Gasteiger partial charge is 0.298 e. The van der Waals surface area contributed by atoms with Crippen LogP contribution in [0.3, 0.4) is 0 Å². The highest BCUT2D eigenvalue weighted by Crippen LogP contribution is 2.26. The van der Waals surface area contributed by atoms with E-state index < -0.39 is 5.82 Å². The molecule has 0 bridgehead atoms. The summed E-state index contributed by atoms with van der Waals surface area (Å²) in [6, 6.07) is 12.7. The number of hydrogen-bond donors (Lipinski definition) is 0. The van der Waals surface area contributed by atoms with Gasteiger partial charge in [0.05, 0.1) is 5.56 Å². The Hall–Kier alpha value is -1.96. The zero-order valence-corrected chi connectivity index (χ0v) is 8.91. The van der Waals surface area contributed by atoms with Crippen molar-refractivity contribution in [2.45, 2.75) is 6.92 Å². The molecule has 16 heavy (non-hydrogen) atoms. The molecule has 0 saturated carbocycles. The fraction of sp³-hybridized carbons (Fsp3) is 0.0714. The number of hydrogen-bond acceptors (Lipinski definition) is 1. The molecule has 0 aliphatic heterocycles. The lowest BCUT2D eigenvalue weighted by atomic mass is 9.97. The predicted octanol–water partition coefficient (Wildman–Crippen LogP) is 3.61. The Labute approximate surface area is 93.5 Å². The molecule has 1 nitrogen and oxygen atoms in total. The molecule has 0 spiro atoms. The van der Waals surface area contributed by atoms with Crippen molar-refractivity contribution in [3.63, 3.8) is 0 Å². The van der Waals surface area contributed by atoms with Gasteiger partial charge in [0, 0.05) is 0 Å². The number of carbonyl (C=O) groups excluding carboxylic acids is 1. The molecule has 0 amide bonds. The Kier molecular flexibility index (Phi) is 2.82. The van der Waals surface area contributed by atoms with E-state index in [4.69, 9.17) is 0 Å². The summed E-state index contributed by atoms with van der Waals surface area (Å²) in [5.41, 5.74) is 2.70. The first kappa shape index (κ1) is 10.6. The molecule has 0 radical (unpaired) electrons. The van der Waals surface area contributed by atoms with Crippen molar-refractivity contribution in [3.05, 3.63) is 59.4 Å². The summed E-state index contributed by atoms with van der Waals surface area (Å²) in [6.45, 7) is 1.76. The Morgan fingerprint density at radius 2 is 1.75 bits per heavy atom. The third-order valence-electron chi connectivity index (χ3n) is 2.66. The van der Waals surface area contributed by atoms with Crippen molar-refractivity contribution in [1.29, 1.82) is 0 Å². The summed E-state index contributed by atoms with van der Waals surface area (Å²) in [6.07, 6.45) is 0.567. The van der Waals surface area contributed by atoms with Gasteiger partial charge in [0.1, 0.15) is 5.82 Å². The molecule has 0 aliphatic rings. The smallest absolute Gasteiger partial charge is 0.153 e. The molecule has 2 aromatic rings. The second-order valence-corrected chi connectivity index (χ2v) is 3.62. The second-order valence-electron chi connectivity index (χ2n) is 3.62. The van der Waals surface area contributed by atoms with Crippen LogP contribution in [0.25, 0.3) is 11.1 Å². The van der Waals surface area contributed by atoms with E-state index in [1.807, 2.05) is 30.3 Å². The van der Waals surface area contributed by atoms with Crippen molar-refractivity contribution in [3.8, 4) is 11.1 Å². The minimum absolute atomic E-state index is 0.140. The zero-order chi connectivity index (χ0) is 11.5. The van der Waals surface area contributed by atoms with E-state index in [0.717, 1.165) is 11.1 Å². The van der Waals surface area contributed by atoms with Crippen LogP contribution in [0.15, 0.2) is 42.5 Å². The molecule has 2 heteroatoms. The SMILES string of the molecule is Cc1c(-c2ccccc2)ccc(F)c1C=O. The molecule has 0 aliphatic carbocycles. The van der Waals surface area contributed by atoms with Gasteiger partial charge in [0.25, 0.3) is 0 Å². The molecule has 0 heterocycles. The summed E-state index contributed by atoms with van der Waals surface area (Å²) < 4.78 is 13.3. The van der Waals surface area contributed by atoms with E-state index >= 15 is 0 Å². The highest BCUT2D eigenvalue weighted by molar-refractivity contribution is 5.83. The maximum atomic E-state index is 13.3. The molecule has 0 saturated heterocycles. The maximum absolute atomic E-state index is 13.3. The lowest BCUT2D eigenvalue weighted by molar-refractivity contribution is 0.111. The van der Waals surface area contributed by atoms with Gasteiger partial charge in [-0.1, -0.05) is 36.4 Å². The first-order valence-electron chi connectivity index (χ1n) is 5.03. The molecule has 2 aromatic carbocycles. The van der Waals surface area contributed by atoms with Crippen LogP contribution in [-0.4, -0.2) is 6.29 Å². The first-order chi connectivity index (χ1) is 7.74. The van der Waals surface area contributed by atoms with E-state index in [0.29, 0.717) is 11.8 Å². The normalized spacial score (nSPS) is 10.1. The van der Waals surface area contributed by atoms with Gasteiger partial charge in [-0.25, -0.2) is 4.39 Å². The lowest BCUT2D eigenvalue weighted by Gasteiger charge is -2.08. The minimum Gasteiger partial charge on any atom is -0.298 e. The van der Waals surface area contributed by atoms with Crippen LogP contribution in [0, 0.1) is 12.7 Å². The van der Waals surface area contributed by atoms with Crippen molar-refractivity contribution in [1.82, 2.24) is 0 Å². The van der Waals surface area contributed by atoms with Crippen LogP contribution in [-0.2, 0) is 0 Å². The Morgan fingerprint density at radius 3 is 2.38 bits per heavy atom. The van der Waals surface area contributed by atoms with Gasteiger partial charge < -0.3 is 0 Å². The highest BCUT2D eigenvalue weighted by Gasteiger charge is 2.09. The molecular weight excluding hydrogens is 203 g/mol. The molecule has 80 valence electrons. The molecule has 0 N–H and O–H groups in total. The van der Waals surface area contributed by atoms with Crippen LogP contribution < -0.4 is 0 Å². The number of carbonyl (C=O) groups is 1. The van der Waals surface area contributed by atoms with Gasteiger partial charge in [0.2, 0.25) is 0 Å². The summed E-state index contributed by atoms with van der Waals surface area (Å²) in [5.74, 6) is -0.466. The van der Waals surface area contributed by atoms with Gasteiger partial charge >= 0.3 is 0 Å². The zero-order valence-electron chi connectivity index (χ0n) is 8.91. The van der Waals surface area contributed by atoms with Gasteiger partial charge in [-0.05, 0) is 29.7 Å². The number of halogens is 1. The third-order valence-corrected chi connectivity index (χ3v) is 2.66. The van der Waals surface area contributed by atoms with Crippen molar-refractivity contribution in [2.75, 3.05) is 0 Å². The Balaban J connectivity index is 2.64. The summed E-state index contributed by atoms with van der Waals surface area (Å²) in [7, 11) is 0. The van der Waals surface area contributed by atoms with Crippen LogP contribution >= 0.6 is 0 Å². The van der Waals surface area contributed by atoms with Crippen LogP contribution in [0.2, 0.25) is 0 Å². The Bertz CT molecular complexity index is 518. The topological polar surface area (TPSA) is 17.1 Å². The number of aldehydes is 1. The van der Waals surface area contributed by atoms with Crippen LogP contribution in [0.5, 0.6) is 0 Å². The van der Waals surface area contributed by atoms with E-state index in [2.05, 4.69) is 0 Å².